The van der Waals surface area contributed by atoms with Crippen LogP contribution in [-0.4, -0.2) is 25.2 Å². The van der Waals surface area contributed by atoms with Crippen molar-refractivity contribution in [1.29, 1.82) is 0 Å². The molecule has 5 heteroatoms. The third-order valence-electron chi connectivity index (χ3n) is 3.42. The summed E-state index contributed by atoms with van der Waals surface area (Å²) in [6.45, 7) is 0. The van der Waals surface area contributed by atoms with Gasteiger partial charge < -0.3 is 15.8 Å². The minimum Gasteiger partial charge on any atom is -0.453 e. The highest BCUT2D eigenvalue weighted by Gasteiger charge is 2.31. The van der Waals surface area contributed by atoms with Crippen LogP contribution < -0.4 is 11.1 Å². The smallest absolute Gasteiger partial charge is 0.407 e. The Morgan fingerprint density at radius 1 is 0.955 bits per heavy atom. The summed E-state index contributed by atoms with van der Waals surface area (Å²) in [7, 11) is 1.24. The Bertz CT molecular complexity index is 589. The summed E-state index contributed by atoms with van der Waals surface area (Å²) in [4.78, 5) is 23.4. The molecule has 3 N–H and O–H groups in total. The van der Waals surface area contributed by atoms with Crippen LogP contribution in [0.4, 0.5) is 4.79 Å². The number of benzene rings is 2. The molecule has 0 spiro atoms. The summed E-state index contributed by atoms with van der Waals surface area (Å²) in [6.07, 6.45) is -0.694. The van der Waals surface area contributed by atoms with Gasteiger partial charge in [-0.05, 0) is 11.1 Å². The van der Waals surface area contributed by atoms with Gasteiger partial charge in [0.15, 0.2) is 0 Å². The third-order valence-corrected chi connectivity index (χ3v) is 3.42. The van der Waals surface area contributed by atoms with Gasteiger partial charge in [-0.1, -0.05) is 60.7 Å². The summed E-state index contributed by atoms with van der Waals surface area (Å²) in [5, 5.41) is 2.53. The van der Waals surface area contributed by atoms with Crippen molar-refractivity contribution >= 4 is 12.0 Å². The number of alkyl carbamates (subject to hydrolysis) is 1. The standard InChI is InChI=1S/C17H18N2O3/c1-22-17(21)19-15(16(18)20)14(12-8-4-2-5-9-12)13-10-6-3-7-11-13/h2-11,14-15H,1H3,(H2,18,20)(H,19,21). The highest BCUT2D eigenvalue weighted by molar-refractivity contribution is 5.86. The molecule has 5 nitrogen and oxygen atoms in total. The Kier molecular flexibility index (Phi) is 5.14. The first kappa shape index (κ1) is 15.6. The van der Waals surface area contributed by atoms with Gasteiger partial charge in [0.25, 0.3) is 0 Å². The second kappa shape index (κ2) is 7.26. The highest BCUT2D eigenvalue weighted by Crippen LogP contribution is 2.28. The number of methoxy groups -OCH3 is 1. The zero-order chi connectivity index (χ0) is 15.9. The van der Waals surface area contributed by atoms with Crippen LogP contribution in [0, 0.1) is 0 Å². The van der Waals surface area contributed by atoms with Crippen molar-refractivity contribution in [3.05, 3.63) is 71.8 Å². The number of carbonyl (C=O) groups is 2. The molecule has 22 heavy (non-hydrogen) atoms. The van der Waals surface area contributed by atoms with E-state index in [1.54, 1.807) is 0 Å². The minimum atomic E-state index is -0.905. The van der Waals surface area contributed by atoms with Gasteiger partial charge in [-0.25, -0.2) is 4.79 Å². The quantitative estimate of drug-likeness (QED) is 0.886. The van der Waals surface area contributed by atoms with Gasteiger partial charge in [0, 0.05) is 5.92 Å². The first-order chi connectivity index (χ1) is 10.6. The number of primary amides is 1. The van der Waals surface area contributed by atoms with E-state index in [1.165, 1.54) is 7.11 Å². The molecule has 0 radical (unpaired) electrons. The van der Waals surface area contributed by atoms with Crippen LogP contribution in [0.5, 0.6) is 0 Å². The van der Waals surface area contributed by atoms with Crippen LogP contribution in [0.1, 0.15) is 17.0 Å². The summed E-state index contributed by atoms with van der Waals surface area (Å²) >= 11 is 0. The molecule has 0 heterocycles. The van der Waals surface area contributed by atoms with Gasteiger partial charge in [0.2, 0.25) is 5.91 Å². The van der Waals surface area contributed by atoms with E-state index < -0.39 is 18.0 Å². The van der Waals surface area contributed by atoms with Crippen LogP contribution >= 0.6 is 0 Å². The van der Waals surface area contributed by atoms with Gasteiger partial charge in [-0.2, -0.15) is 0 Å². The predicted octanol–water partition coefficient (Wildman–Crippen LogP) is 2.03. The van der Waals surface area contributed by atoms with E-state index >= 15 is 0 Å². The Morgan fingerprint density at radius 2 is 1.41 bits per heavy atom. The van der Waals surface area contributed by atoms with Crippen LogP contribution in [-0.2, 0) is 9.53 Å². The van der Waals surface area contributed by atoms with Gasteiger partial charge >= 0.3 is 6.09 Å². The van der Waals surface area contributed by atoms with Crippen molar-refractivity contribution in [2.75, 3.05) is 7.11 Å². The molecule has 2 rings (SSSR count). The number of rotatable bonds is 5. The number of nitrogens with two attached hydrogens (primary N) is 1. The molecular formula is C17H18N2O3. The maximum atomic E-state index is 11.9. The molecule has 0 aromatic heterocycles. The van der Waals surface area contributed by atoms with E-state index in [0.29, 0.717) is 0 Å². The Morgan fingerprint density at radius 3 is 1.77 bits per heavy atom. The third kappa shape index (κ3) is 3.63. The zero-order valence-electron chi connectivity index (χ0n) is 12.2. The number of hydrogen-bond donors (Lipinski definition) is 2. The van der Waals surface area contributed by atoms with Crippen molar-refractivity contribution in [2.45, 2.75) is 12.0 Å². The lowest BCUT2D eigenvalue weighted by Crippen LogP contribution is -2.48. The lowest BCUT2D eigenvalue weighted by atomic mass is 9.84. The van der Waals surface area contributed by atoms with Crippen LogP contribution in [0.3, 0.4) is 0 Å². The first-order valence-corrected chi connectivity index (χ1v) is 6.87. The number of ether oxygens (including phenoxy) is 1. The normalized spacial score (nSPS) is 11.7. The summed E-state index contributed by atoms with van der Waals surface area (Å²) < 4.78 is 4.59. The molecule has 2 aromatic carbocycles. The second-order valence-electron chi connectivity index (χ2n) is 4.81. The average Bonchev–Trinajstić information content (AvgIpc) is 2.56. The minimum absolute atomic E-state index is 0.390. The molecule has 0 bridgehead atoms. The molecule has 2 aromatic rings. The van der Waals surface area contributed by atoms with Crippen molar-refractivity contribution in [2.24, 2.45) is 5.73 Å². The predicted molar refractivity (Wildman–Crippen MR) is 83.3 cm³/mol. The maximum absolute atomic E-state index is 11.9. The number of amides is 2. The molecule has 1 unspecified atom stereocenters. The molecule has 0 saturated carbocycles. The lowest BCUT2D eigenvalue weighted by molar-refractivity contribution is -0.120. The van der Waals surface area contributed by atoms with Gasteiger partial charge in [0.05, 0.1) is 7.11 Å². The van der Waals surface area contributed by atoms with Crippen molar-refractivity contribution in [1.82, 2.24) is 5.32 Å². The van der Waals surface area contributed by atoms with E-state index in [1.807, 2.05) is 60.7 Å². The van der Waals surface area contributed by atoms with E-state index in [0.717, 1.165) is 11.1 Å². The van der Waals surface area contributed by atoms with Crippen LogP contribution in [0.25, 0.3) is 0 Å². The van der Waals surface area contributed by atoms with E-state index in [2.05, 4.69) is 10.1 Å². The van der Waals surface area contributed by atoms with Crippen molar-refractivity contribution in [3.63, 3.8) is 0 Å². The first-order valence-electron chi connectivity index (χ1n) is 6.87. The van der Waals surface area contributed by atoms with E-state index in [4.69, 9.17) is 5.73 Å². The average molecular weight is 298 g/mol. The van der Waals surface area contributed by atoms with Crippen LogP contribution in [0.2, 0.25) is 0 Å². The van der Waals surface area contributed by atoms with Gasteiger partial charge in [-0.15, -0.1) is 0 Å². The maximum Gasteiger partial charge on any atom is 0.407 e. The number of nitrogens with one attached hydrogen (secondary N) is 1. The molecule has 0 aliphatic heterocycles. The second-order valence-corrected chi connectivity index (χ2v) is 4.81. The highest BCUT2D eigenvalue weighted by atomic mass is 16.5. The molecule has 1 atom stereocenters. The van der Waals surface area contributed by atoms with Crippen molar-refractivity contribution in [3.8, 4) is 0 Å². The van der Waals surface area contributed by atoms with E-state index in [-0.39, 0.29) is 5.92 Å². The molecule has 0 saturated heterocycles. The summed E-state index contributed by atoms with van der Waals surface area (Å²) in [5.41, 5.74) is 7.27. The zero-order valence-corrected chi connectivity index (χ0v) is 12.2. The van der Waals surface area contributed by atoms with Gasteiger partial charge in [-0.3, -0.25) is 4.79 Å². The fourth-order valence-electron chi connectivity index (χ4n) is 2.40. The molecule has 114 valence electrons. The fourth-order valence-corrected chi connectivity index (χ4v) is 2.40. The molecule has 0 aliphatic carbocycles. The fraction of sp³-hybridized carbons (Fsp3) is 0.176. The van der Waals surface area contributed by atoms with Crippen LogP contribution in [0.15, 0.2) is 60.7 Å². The Hall–Kier alpha value is -2.82. The molecule has 0 fully saturated rings. The monoisotopic (exact) mass is 298 g/mol. The topological polar surface area (TPSA) is 81.4 Å². The lowest BCUT2D eigenvalue weighted by Gasteiger charge is -2.26. The molecule has 0 aliphatic rings. The molecular weight excluding hydrogens is 280 g/mol. The largest absolute Gasteiger partial charge is 0.453 e. The molecule has 2 amide bonds. The number of carbonyl (C=O) groups excluding carboxylic acids is 2. The summed E-state index contributed by atoms with van der Waals surface area (Å²) in [6, 6.07) is 18.0. The Balaban J connectivity index is 2.46. The van der Waals surface area contributed by atoms with Crippen molar-refractivity contribution < 1.29 is 14.3 Å². The Labute approximate surface area is 129 Å². The van der Waals surface area contributed by atoms with E-state index in [9.17, 15) is 9.59 Å². The SMILES string of the molecule is COC(=O)NC(C(N)=O)C(c1ccccc1)c1ccccc1. The summed E-state index contributed by atoms with van der Waals surface area (Å²) in [5.74, 6) is -1.01. The number of hydrogen-bond acceptors (Lipinski definition) is 3. The van der Waals surface area contributed by atoms with Gasteiger partial charge in [0.1, 0.15) is 6.04 Å².